The van der Waals surface area contributed by atoms with E-state index >= 15 is 0 Å². The highest BCUT2D eigenvalue weighted by atomic mass is 35.5. The fourth-order valence-corrected chi connectivity index (χ4v) is 3.67. The average Bonchev–Trinajstić information content (AvgIpc) is 2.72. The lowest BCUT2D eigenvalue weighted by molar-refractivity contribution is 0.0982. The summed E-state index contributed by atoms with van der Waals surface area (Å²) in [5, 5.41) is 0.236. The highest BCUT2D eigenvalue weighted by Crippen LogP contribution is 2.39. The topological polar surface area (TPSA) is 120 Å². The number of fused-ring (bicyclic) bond motifs is 1. The van der Waals surface area contributed by atoms with Gasteiger partial charge in [0.15, 0.2) is 17.2 Å². The Morgan fingerprint density at radius 1 is 1.29 bits per heavy atom. The van der Waals surface area contributed by atoms with Crippen LogP contribution in [0.25, 0.3) is 0 Å². The number of anilines is 2. The number of hydrogen-bond donors (Lipinski definition) is 2. The molecule has 1 amide bonds. The number of nitrogens with zero attached hydrogens (tertiary/aromatic N) is 2. The molecule has 1 aromatic carbocycles. The Morgan fingerprint density at radius 3 is 2.68 bits per heavy atom. The van der Waals surface area contributed by atoms with E-state index in [-0.39, 0.29) is 34.6 Å². The third-order valence-electron chi connectivity index (χ3n) is 4.86. The number of halogens is 1. The van der Waals surface area contributed by atoms with Gasteiger partial charge in [-0.25, -0.2) is 4.79 Å². The first kappa shape index (κ1) is 22.7. The molecule has 31 heavy (non-hydrogen) atoms. The van der Waals surface area contributed by atoms with Crippen molar-refractivity contribution in [3.63, 3.8) is 0 Å². The smallest absolute Gasteiger partial charge is 0.330 e. The summed E-state index contributed by atoms with van der Waals surface area (Å²) in [4.78, 5) is 42.1. The number of nitrogens with two attached hydrogens (primary N) is 1. The van der Waals surface area contributed by atoms with Crippen molar-refractivity contribution >= 4 is 29.0 Å². The maximum Gasteiger partial charge on any atom is 0.330 e. The van der Waals surface area contributed by atoms with Crippen LogP contribution in [0.3, 0.4) is 0 Å². The van der Waals surface area contributed by atoms with Gasteiger partial charge in [-0.1, -0.05) is 38.8 Å². The summed E-state index contributed by atoms with van der Waals surface area (Å²) >= 11 is 6.30. The first-order valence-electron chi connectivity index (χ1n) is 10.3. The number of aromatic nitrogens is 2. The van der Waals surface area contributed by atoms with Crippen LogP contribution in [0.2, 0.25) is 5.02 Å². The minimum atomic E-state index is -0.715. The minimum Gasteiger partial charge on any atom is -0.486 e. The van der Waals surface area contributed by atoms with Gasteiger partial charge in [-0.3, -0.25) is 19.1 Å². The van der Waals surface area contributed by atoms with Gasteiger partial charge in [0.05, 0.1) is 5.02 Å². The Hall–Kier alpha value is -2.94. The summed E-state index contributed by atoms with van der Waals surface area (Å²) < 4.78 is 12.4. The number of carbonyl (C=O) groups excluding carboxylic acids is 1. The largest absolute Gasteiger partial charge is 0.486 e. The molecule has 1 aliphatic rings. The van der Waals surface area contributed by atoms with Gasteiger partial charge < -0.3 is 20.1 Å². The van der Waals surface area contributed by atoms with Crippen LogP contribution in [0.15, 0.2) is 21.7 Å². The van der Waals surface area contributed by atoms with Gasteiger partial charge in [0.25, 0.3) is 11.5 Å². The molecule has 3 N–H and O–H groups in total. The molecular weight excluding hydrogens is 424 g/mol. The number of ether oxygens (including phenoxy) is 2. The molecule has 0 spiro atoms. The van der Waals surface area contributed by atoms with E-state index in [1.54, 1.807) is 0 Å². The standard InChI is InChI=1S/C21H27ClN4O5/c1-4-5-6-25-18(23)16(19(27)24-21(25)29)26(11-12(2)3)20(28)13-9-14(22)17-15(10-13)30-7-8-31-17/h9-10,12H,4-8,11,23H2,1-3H3,(H,24,27,29). The molecule has 1 aliphatic heterocycles. The second-order valence-electron chi connectivity index (χ2n) is 7.79. The van der Waals surface area contributed by atoms with Gasteiger partial charge >= 0.3 is 5.69 Å². The predicted molar refractivity (Wildman–Crippen MR) is 120 cm³/mol. The second kappa shape index (κ2) is 9.47. The number of benzene rings is 1. The van der Waals surface area contributed by atoms with Crippen LogP contribution < -0.4 is 31.4 Å². The van der Waals surface area contributed by atoms with Gasteiger partial charge in [0, 0.05) is 18.7 Å². The molecule has 0 aliphatic carbocycles. The lowest BCUT2D eigenvalue weighted by atomic mass is 10.1. The number of amides is 1. The molecule has 0 bridgehead atoms. The number of nitrogen functional groups attached to an aromatic ring is 1. The summed E-state index contributed by atoms with van der Waals surface area (Å²) in [5.41, 5.74) is 5.09. The first-order valence-corrected chi connectivity index (χ1v) is 10.7. The van der Waals surface area contributed by atoms with Crippen LogP contribution in [0.5, 0.6) is 11.5 Å². The van der Waals surface area contributed by atoms with Gasteiger partial charge in [0.1, 0.15) is 19.0 Å². The van der Waals surface area contributed by atoms with Crippen molar-refractivity contribution in [1.82, 2.24) is 9.55 Å². The van der Waals surface area contributed by atoms with E-state index in [4.69, 9.17) is 26.8 Å². The molecule has 2 heterocycles. The Bertz CT molecular complexity index is 1090. The van der Waals surface area contributed by atoms with Crippen LogP contribution in [-0.4, -0.2) is 35.2 Å². The van der Waals surface area contributed by atoms with E-state index in [0.717, 1.165) is 6.42 Å². The molecule has 168 valence electrons. The summed E-state index contributed by atoms with van der Waals surface area (Å²) in [6.45, 7) is 7.06. The molecule has 0 unspecified atom stereocenters. The molecule has 3 rings (SSSR count). The summed E-state index contributed by atoms with van der Waals surface area (Å²) in [7, 11) is 0. The molecule has 0 fully saturated rings. The van der Waals surface area contributed by atoms with Crippen molar-refractivity contribution in [2.45, 2.75) is 40.2 Å². The summed E-state index contributed by atoms with van der Waals surface area (Å²) in [6, 6.07) is 3.01. The fraction of sp³-hybridized carbons (Fsp3) is 0.476. The van der Waals surface area contributed by atoms with Crippen LogP contribution >= 0.6 is 11.6 Å². The van der Waals surface area contributed by atoms with Gasteiger partial charge in [-0.05, 0) is 24.5 Å². The molecule has 9 nitrogen and oxygen atoms in total. The molecule has 2 aromatic rings. The Labute approximate surface area is 184 Å². The van der Waals surface area contributed by atoms with Crippen molar-refractivity contribution in [2.75, 3.05) is 30.4 Å². The molecule has 0 saturated carbocycles. The third kappa shape index (κ3) is 4.71. The van der Waals surface area contributed by atoms with Crippen LogP contribution in [0.4, 0.5) is 11.5 Å². The van der Waals surface area contributed by atoms with E-state index in [1.807, 2.05) is 20.8 Å². The van der Waals surface area contributed by atoms with Crippen molar-refractivity contribution < 1.29 is 14.3 Å². The number of hydrogen-bond acceptors (Lipinski definition) is 6. The lowest BCUT2D eigenvalue weighted by Gasteiger charge is -2.27. The Kier molecular flexibility index (Phi) is 6.94. The second-order valence-corrected chi connectivity index (χ2v) is 8.20. The number of H-pyrrole nitrogens is 1. The Balaban J connectivity index is 2.11. The predicted octanol–water partition coefficient (Wildman–Crippen LogP) is 2.65. The van der Waals surface area contributed by atoms with Crippen LogP contribution in [0.1, 0.15) is 44.0 Å². The highest BCUT2D eigenvalue weighted by molar-refractivity contribution is 6.33. The highest BCUT2D eigenvalue weighted by Gasteiger charge is 2.28. The van der Waals surface area contributed by atoms with E-state index < -0.39 is 17.2 Å². The SMILES string of the molecule is CCCCn1c(N)c(N(CC(C)C)C(=O)c2cc(Cl)c3c(c2)OCCO3)c(=O)[nH]c1=O. The van der Waals surface area contributed by atoms with E-state index in [2.05, 4.69) is 4.98 Å². The summed E-state index contributed by atoms with van der Waals surface area (Å²) in [5.74, 6) is 0.239. The fourth-order valence-electron chi connectivity index (χ4n) is 3.41. The normalized spacial score (nSPS) is 12.8. The van der Waals surface area contributed by atoms with Crippen molar-refractivity contribution in [3.8, 4) is 11.5 Å². The maximum absolute atomic E-state index is 13.5. The van der Waals surface area contributed by atoms with Crippen molar-refractivity contribution in [1.29, 1.82) is 0 Å². The van der Waals surface area contributed by atoms with Crippen LogP contribution in [0, 0.1) is 5.92 Å². The van der Waals surface area contributed by atoms with Crippen LogP contribution in [-0.2, 0) is 6.54 Å². The van der Waals surface area contributed by atoms with E-state index in [9.17, 15) is 14.4 Å². The molecular formula is C21H27ClN4O5. The zero-order chi connectivity index (χ0) is 22.7. The number of unbranched alkanes of at least 4 members (excludes halogenated alkanes) is 1. The first-order chi connectivity index (χ1) is 14.7. The zero-order valence-electron chi connectivity index (χ0n) is 17.9. The Morgan fingerprint density at radius 2 is 2.00 bits per heavy atom. The number of nitrogens with one attached hydrogen (secondary N) is 1. The van der Waals surface area contributed by atoms with E-state index in [0.29, 0.717) is 37.7 Å². The number of rotatable bonds is 7. The van der Waals surface area contributed by atoms with Crippen molar-refractivity contribution in [2.24, 2.45) is 5.92 Å². The summed E-state index contributed by atoms with van der Waals surface area (Å²) in [6.07, 6.45) is 1.54. The third-order valence-corrected chi connectivity index (χ3v) is 5.14. The van der Waals surface area contributed by atoms with Gasteiger partial charge in [0.2, 0.25) is 0 Å². The molecule has 0 saturated heterocycles. The monoisotopic (exact) mass is 450 g/mol. The van der Waals surface area contributed by atoms with Gasteiger partial charge in [-0.2, -0.15) is 0 Å². The maximum atomic E-state index is 13.5. The zero-order valence-corrected chi connectivity index (χ0v) is 18.6. The quantitative estimate of drug-likeness (QED) is 0.669. The lowest BCUT2D eigenvalue weighted by Crippen LogP contribution is -2.42. The van der Waals surface area contributed by atoms with Gasteiger partial charge in [-0.15, -0.1) is 0 Å². The number of carbonyl (C=O) groups is 1. The van der Waals surface area contributed by atoms with Crippen molar-refractivity contribution in [3.05, 3.63) is 43.6 Å². The molecule has 0 radical (unpaired) electrons. The molecule has 10 heteroatoms. The average molecular weight is 451 g/mol. The number of aromatic amines is 1. The molecule has 0 atom stereocenters. The minimum absolute atomic E-state index is 0.0199. The van der Waals surface area contributed by atoms with E-state index in [1.165, 1.54) is 21.6 Å². The molecule has 1 aromatic heterocycles.